The summed E-state index contributed by atoms with van der Waals surface area (Å²) in [5.74, 6) is -0.477. The fraction of sp³-hybridized carbons (Fsp3) is 0.409. The highest BCUT2D eigenvalue weighted by Crippen LogP contribution is 2.45. The Kier molecular flexibility index (Phi) is 7.26. The van der Waals surface area contributed by atoms with Gasteiger partial charge in [0.05, 0.1) is 30.3 Å². The lowest BCUT2D eigenvalue weighted by molar-refractivity contribution is -0.139. The fourth-order valence-electron chi connectivity index (χ4n) is 3.42. The SMILES string of the molecule is CCOC(=O)C1=C(C)N=C2SC=C(CC(=O)NC(C)CC)N2C1c1cccc(Cl)c1. The number of thioether (sulfide) groups is 1. The topological polar surface area (TPSA) is 71.0 Å². The summed E-state index contributed by atoms with van der Waals surface area (Å²) in [6.07, 6.45) is 1.05. The molecule has 160 valence electrons. The van der Waals surface area contributed by atoms with Gasteiger partial charge in [-0.1, -0.05) is 42.4 Å². The van der Waals surface area contributed by atoms with Crippen molar-refractivity contribution in [3.8, 4) is 0 Å². The predicted molar refractivity (Wildman–Crippen MR) is 121 cm³/mol. The summed E-state index contributed by atoms with van der Waals surface area (Å²) in [7, 11) is 0. The highest BCUT2D eigenvalue weighted by molar-refractivity contribution is 8.16. The standard InChI is InChI=1S/C22H26ClN3O3S/c1-5-13(3)24-18(27)11-17-12-30-22-25-14(4)19(21(28)29-6-2)20(26(17)22)15-8-7-9-16(23)10-15/h7-10,12-13,20H,5-6,11H2,1-4H3,(H,24,27). The zero-order valence-electron chi connectivity index (χ0n) is 17.6. The number of rotatable bonds is 7. The molecule has 0 radical (unpaired) electrons. The fourth-order valence-corrected chi connectivity index (χ4v) is 4.59. The van der Waals surface area contributed by atoms with Crippen molar-refractivity contribution in [3.05, 3.63) is 57.2 Å². The van der Waals surface area contributed by atoms with E-state index in [9.17, 15) is 9.59 Å². The molecule has 0 spiro atoms. The minimum atomic E-state index is -0.465. The summed E-state index contributed by atoms with van der Waals surface area (Å²) < 4.78 is 5.33. The van der Waals surface area contributed by atoms with Gasteiger partial charge in [-0.2, -0.15) is 0 Å². The van der Waals surface area contributed by atoms with Crippen LogP contribution in [0.15, 0.2) is 51.6 Å². The van der Waals surface area contributed by atoms with Crippen LogP contribution >= 0.6 is 23.4 Å². The average molecular weight is 448 g/mol. The highest BCUT2D eigenvalue weighted by Gasteiger charge is 2.41. The molecular weight excluding hydrogens is 422 g/mol. The summed E-state index contributed by atoms with van der Waals surface area (Å²) in [6, 6.07) is 7.03. The first-order chi connectivity index (χ1) is 14.3. The van der Waals surface area contributed by atoms with E-state index in [0.29, 0.717) is 16.3 Å². The van der Waals surface area contributed by atoms with Crippen LogP contribution in [0.5, 0.6) is 0 Å². The third-order valence-electron chi connectivity index (χ3n) is 5.02. The lowest BCUT2D eigenvalue weighted by Crippen LogP contribution is -2.39. The van der Waals surface area contributed by atoms with Gasteiger partial charge in [-0.15, -0.1) is 0 Å². The first-order valence-corrected chi connectivity index (χ1v) is 11.3. The van der Waals surface area contributed by atoms with Crippen molar-refractivity contribution >= 4 is 40.4 Å². The molecular formula is C22H26ClN3O3S. The number of carbonyl (C=O) groups excluding carboxylic acids is 2. The molecule has 2 unspecified atom stereocenters. The van der Waals surface area contributed by atoms with Gasteiger partial charge in [-0.05, 0) is 50.3 Å². The molecule has 0 saturated heterocycles. The molecule has 1 aromatic rings. The highest BCUT2D eigenvalue weighted by atomic mass is 35.5. The Morgan fingerprint density at radius 2 is 2.13 bits per heavy atom. The maximum atomic E-state index is 12.9. The van der Waals surface area contributed by atoms with Crippen molar-refractivity contribution < 1.29 is 14.3 Å². The molecule has 1 N–H and O–H groups in total. The zero-order valence-corrected chi connectivity index (χ0v) is 19.1. The number of nitrogens with one attached hydrogen (secondary N) is 1. The number of nitrogens with zero attached hydrogens (tertiary/aromatic N) is 2. The van der Waals surface area contributed by atoms with Gasteiger partial charge in [0.2, 0.25) is 5.91 Å². The van der Waals surface area contributed by atoms with E-state index < -0.39 is 12.0 Å². The summed E-state index contributed by atoms with van der Waals surface area (Å²) in [4.78, 5) is 32.0. The molecule has 2 heterocycles. The molecule has 1 aromatic carbocycles. The summed E-state index contributed by atoms with van der Waals surface area (Å²) in [5.41, 5.74) is 2.70. The number of amidine groups is 1. The van der Waals surface area contributed by atoms with Crippen LogP contribution in [0.2, 0.25) is 5.02 Å². The third-order valence-corrected chi connectivity index (χ3v) is 6.15. The Morgan fingerprint density at radius 3 is 2.80 bits per heavy atom. The largest absolute Gasteiger partial charge is 0.463 e. The molecule has 2 atom stereocenters. The Hall–Kier alpha value is -2.25. The number of hydrogen-bond donors (Lipinski definition) is 1. The number of aliphatic imine (C=N–C) groups is 1. The smallest absolute Gasteiger partial charge is 0.338 e. The number of halogens is 1. The van der Waals surface area contributed by atoms with Crippen LogP contribution < -0.4 is 5.32 Å². The Labute approximate surface area is 186 Å². The second-order valence-electron chi connectivity index (χ2n) is 7.22. The van der Waals surface area contributed by atoms with Gasteiger partial charge in [-0.3, -0.25) is 4.79 Å². The molecule has 30 heavy (non-hydrogen) atoms. The molecule has 3 rings (SSSR count). The molecule has 2 aliphatic heterocycles. The van der Waals surface area contributed by atoms with Crippen molar-refractivity contribution in [1.29, 1.82) is 0 Å². The molecule has 0 saturated carbocycles. The van der Waals surface area contributed by atoms with Gasteiger partial charge in [0.15, 0.2) is 5.17 Å². The molecule has 1 amide bonds. The monoisotopic (exact) mass is 447 g/mol. The van der Waals surface area contributed by atoms with Crippen LogP contribution in [0.25, 0.3) is 0 Å². The predicted octanol–water partition coefficient (Wildman–Crippen LogP) is 4.78. The number of ether oxygens (including phenoxy) is 1. The first kappa shape index (κ1) is 22.4. The van der Waals surface area contributed by atoms with Gasteiger partial charge in [0, 0.05) is 16.8 Å². The maximum absolute atomic E-state index is 12.9. The van der Waals surface area contributed by atoms with Crippen LogP contribution in [0, 0.1) is 0 Å². The maximum Gasteiger partial charge on any atom is 0.338 e. The average Bonchev–Trinajstić information content (AvgIpc) is 3.08. The minimum Gasteiger partial charge on any atom is -0.463 e. The van der Waals surface area contributed by atoms with Crippen LogP contribution in [-0.2, 0) is 14.3 Å². The van der Waals surface area contributed by atoms with E-state index in [4.69, 9.17) is 16.3 Å². The van der Waals surface area contributed by atoms with Crippen molar-refractivity contribution in [1.82, 2.24) is 10.2 Å². The van der Waals surface area contributed by atoms with Crippen molar-refractivity contribution in [3.63, 3.8) is 0 Å². The molecule has 0 aromatic heterocycles. The molecule has 8 heteroatoms. The molecule has 0 aliphatic carbocycles. The van der Waals surface area contributed by atoms with E-state index in [1.54, 1.807) is 13.0 Å². The molecule has 6 nitrogen and oxygen atoms in total. The third kappa shape index (κ3) is 4.73. The van der Waals surface area contributed by atoms with Gasteiger partial charge in [-0.25, -0.2) is 9.79 Å². The molecule has 0 bridgehead atoms. The molecule has 2 aliphatic rings. The van der Waals surface area contributed by atoms with Gasteiger partial charge in [0.1, 0.15) is 0 Å². The van der Waals surface area contributed by atoms with Crippen molar-refractivity contribution in [2.24, 2.45) is 4.99 Å². The number of amides is 1. The van der Waals surface area contributed by atoms with Crippen LogP contribution in [-0.4, -0.2) is 34.6 Å². The normalized spacial score (nSPS) is 19.1. The Morgan fingerprint density at radius 1 is 1.37 bits per heavy atom. The molecule has 0 fully saturated rings. The van der Waals surface area contributed by atoms with Crippen LogP contribution in [0.3, 0.4) is 0 Å². The number of fused-ring (bicyclic) bond motifs is 1. The van der Waals surface area contributed by atoms with E-state index in [1.165, 1.54) is 11.8 Å². The van der Waals surface area contributed by atoms with Gasteiger partial charge in [0.25, 0.3) is 0 Å². The number of allylic oxidation sites excluding steroid dienone is 1. The first-order valence-electron chi connectivity index (χ1n) is 10.0. The zero-order chi connectivity index (χ0) is 21.8. The van der Waals surface area contributed by atoms with Gasteiger partial charge >= 0.3 is 5.97 Å². The Bertz CT molecular complexity index is 941. The number of hydrogen-bond acceptors (Lipinski definition) is 6. The quantitative estimate of drug-likeness (QED) is 0.609. The van der Waals surface area contributed by atoms with E-state index in [2.05, 4.69) is 10.3 Å². The number of benzene rings is 1. The Balaban J connectivity index is 2.00. The summed E-state index contributed by atoms with van der Waals surface area (Å²) >= 11 is 7.71. The lowest BCUT2D eigenvalue weighted by atomic mass is 9.94. The summed E-state index contributed by atoms with van der Waals surface area (Å²) in [6.45, 7) is 7.85. The van der Waals surface area contributed by atoms with Crippen LogP contribution in [0.4, 0.5) is 0 Å². The number of esters is 1. The lowest BCUT2D eigenvalue weighted by Gasteiger charge is -2.36. The van der Waals surface area contributed by atoms with Crippen molar-refractivity contribution in [2.75, 3.05) is 6.61 Å². The second-order valence-corrected chi connectivity index (χ2v) is 8.50. The van der Waals surface area contributed by atoms with E-state index in [0.717, 1.165) is 22.8 Å². The van der Waals surface area contributed by atoms with E-state index in [1.807, 2.05) is 49.3 Å². The van der Waals surface area contributed by atoms with E-state index in [-0.39, 0.29) is 25.0 Å². The van der Waals surface area contributed by atoms with Crippen molar-refractivity contribution in [2.45, 2.75) is 52.6 Å². The van der Waals surface area contributed by atoms with Gasteiger partial charge < -0.3 is 15.0 Å². The minimum absolute atomic E-state index is 0.0637. The second kappa shape index (κ2) is 9.71. The van der Waals surface area contributed by atoms with E-state index >= 15 is 0 Å². The number of carbonyl (C=O) groups is 2. The van der Waals surface area contributed by atoms with Crippen LogP contribution in [0.1, 0.15) is 52.1 Å². The summed E-state index contributed by atoms with van der Waals surface area (Å²) in [5, 5.41) is 6.23.